The molecule has 2 aromatic heterocycles. The average Bonchev–Trinajstić information content (AvgIpc) is 3.14. The Morgan fingerprint density at radius 2 is 1.96 bits per heavy atom. The van der Waals surface area contributed by atoms with Crippen LogP contribution in [0.2, 0.25) is 0 Å². The van der Waals surface area contributed by atoms with Crippen molar-refractivity contribution in [3.63, 3.8) is 0 Å². The fraction of sp³-hybridized carbons (Fsp3) is 0.167. The van der Waals surface area contributed by atoms with E-state index in [0.29, 0.717) is 12.2 Å². The number of pyridine rings is 1. The zero-order valence-corrected chi connectivity index (χ0v) is 16.5. The number of carbonyl (C=O) groups excluding carboxylic acids is 1. The van der Waals surface area contributed by atoms with Crippen LogP contribution in [-0.4, -0.2) is 31.0 Å². The second-order valence-corrected chi connectivity index (χ2v) is 8.42. The Kier molecular flexibility index (Phi) is 6.34. The van der Waals surface area contributed by atoms with Crippen LogP contribution in [0.5, 0.6) is 0 Å². The van der Waals surface area contributed by atoms with Gasteiger partial charge < -0.3 is 10.6 Å². The number of aryl methyl sites for hydroxylation is 1. The smallest absolute Gasteiger partial charge is 0.319 e. The first-order valence-corrected chi connectivity index (χ1v) is 10.9. The Morgan fingerprint density at radius 3 is 2.71 bits per heavy atom. The third-order valence-corrected chi connectivity index (χ3v) is 5.62. The number of sulfonamides is 1. The van der Waals surface area contributed by atoms with E-state index in [1.165, 1.54) is 18.2 Å². The van der Waals surface area contributed by atoms with Crippen LogP contribution in [0.25, 0.3) is 11.3 Å². The predicted octanol–water partition coefficient (Wildman–Crippen LogP) is 2.61. The molecule has 146 valence electrons. The molecule has 2 amide bonds. The van der Waals surface area contributed by atoms with Gasteiger partial charge in [-0.1, -0.05) is 6.07 Å². The van der Waals surface area contributed by atoms with Gasteiger partial charge in [0.05, 0.1) is 15.6 Å². The molecule has 3 aromatic rings. The van der Waals surface area contributed by atoms with Crippen molar-refractivity contribution in [1.29, 1.82) is 0 Å². The van der Waals surface area contributed by atoms with Crippen LogP contribution in [-0.2, 0) is 16.4 Å². The van der Waals surface area contributed by atoms with Crippen LogP contribution in [0.3, 0.4) is 0 Å². The minimum Gasteiger partial charge on any atom is -0.338 e. The maximum atomic E-state index is 12.0. The number of hydrogen-bond acceptors (Lipinski definition) is 6. The van der Waals surface area contributed by atoms with E-state index in [1.807, 2.05) is 17.5 Å². The van der Waals surface area contributed by atoms with Crippen molar-refractivity contribution in [2.24, 2.45) is 5.14 Å². The van der Waals surface area contributed by atoms with Gasteiger partial charge in [0.2, 0.25) is 10.0 Å². The first-order valence-electron chi connectivity index (χ1n) is 8.44. The third kappa shape index (κ3) is 5.59. The normalized spacial score (nSPS) is 11.2. The molecule has 0 fully saturated rings. The number of nitrogens with two attached hydrogens (primary N) is 1. The predicted molar refractivity (Wildman–Crippen MR) is 109 cm³/mol. The molecule has 1 aromatic carbocycles. The minimum atomic E-state index is -3.81. The van der Waals surface area contributed by atoms with Crippen LogP contribution in [0.4, 0.5) is 10.5 Å². The van der Waals surface area contributed by atoms with Crippen molar-refractivity contribution in [1.82, 2.24) is 15.3 Å². The molecule has 0 spiro atoms. The zero-order chi connectivity index (χ0) is 20.0. The molecule has 8 nitrogen and oxygen atoms in total. The largest absolute Gasteiger partial charge is 0.338 e. The van der Waals surface area contributed by atoms with E-state index < -0.39 is 16.1 Å². The number of thiazole rings is 1. The van der Waals surface area contributed by atoms with Crippen molar-refractivity contribution in [2.75, 3.05) is 11.9 Å². The van der Waals surface area contributed by atoms with Gasteiger partial charge in [-0.3, -0.25) is 4.98 Å². The van der Waals surface area contributed by atoms with Gasteiger partial charge in [0, 0.05) is 42.0 Å². The summed E-state index contributed by atoms with van der Waals surface area (Å²) in [5.74, 6) is 0. The Balaban J connectivity index is 1.44. The van der Waals surface area contributed by atoms with Gasteiger partial charge in [0.15, 0.2) is 0 Å². The lowest BCUT2D eigenvalue weighted by Crippen LogP contribution is -2.29. The fourth-order valence-corrected chi connectivity index (χ4v) is 3.86. The number of urea groups is 1. The fourth-order valence-electron chi connectivity index (χ4n) is 2.45. The van der Waals surface area contributed by atoms with Crippen LogP contribution in [0.15, 0.2) is 59.1 Å². The highest BCUT2D eigenvalue weighted by atomic mass is 32.2. The van der Waals surface area contributed by atoms with Crippen molar-refractivity contribution < 1.29 is 13.2 Å². The highest BCUT2D eigenvalue weighted by Crippen LogP contribution is 2.21. The number of amides is 2. The van der Waals surface area contributed by atoms with E-state index in [2.05, 4.69) is 20.6 Å². The Hall–Kier alpha value is -2.82. The second kappa shape index (κ2) is 8.91. The molecule has 0 radical (unpaired) electrons. The molecule has 0 aliphatic rings. The van der Waals surface area contributed by atoms with E-state index in [0.717, 1.165) is 29.1 Å². The number of primary sulfonamides is 1. The van der Waals surface area contributed by atoms with Gasteiger partial charge in [0.1, 0.15) is 0 Å². The first-order chi connectivity index (χ1) is 13.4. The summed E-state index contributed by atoms with van der Waals surface area (Å²) in [6, 6.07) is 9.19. The van der Waals surface area contributed by atoms with Gasteiger partial charge in [-0.05, 0) is 36.8 Å². The van der Waals surface area contributed by atoms with Crippen molar-refractivity contribution >= 4 is 33.1 Å². The molecule has 4 N–H and O–H groups in total. The lowest BCUT2D eigenvalue weighted by molar-refractivity contribution is 0.252. The van der Waals surface area contributed by atoms with Gasteiger partial charge in [-0.2, -0.15) is 0 Å². The third-order valence-electron chi connectivity index (χ3n) is 3.80. The summed E-state index contributed by atoms with van der Waals surface area (Å²) in [6.45, 7) is 0.463. The summed E-state index contributed by atoms with van der Waals surface area (Å²) >= 11 is 1.58. The number of nitrogens with one attached hydrogen (secondary N) is 2. The van der Waals surface area contributed by atoms with E-state index in [1.54, 1.807) is 29.8 Å². The minimum absolute atomic E-state index is 0.0564. The van der Waals surface area contributed by atoms with Crippen LogP contribution < -0.4 is 15.8 Å². The Labute approximate surface area is 166 Å². The number of nitrogens with zero attached hydrogens (tertiary/aromatic N) is 2. The molecular formula is C18H19N5O3S2. The summed E-state index contributed by atoms with van der Waals surface area (Å²) in [5, 5.41) is 13.4. The molecule has 0 saturated carbocycles. The SMILES string of the molecule is NS(=O)(=O)c1cccc(NC(=O)NCCCc2nc(-c3ccncc3)cs2)c1. The second-order valence-electron chi connectivity index (χ2n) is 5.92. The molecule has 0 atom stereocenters. The van der Waals surface area contributed by atoms with E-state index >= 15 is 0 Å². The summed E-state index contributed by atoms with van der Waals surface area (Å²) in [6.07, 6.45) is 4.94. The maximum Gasteiger partial charge on any atom is 0.319 e. The maximum absolute atomic E-state index is 12.0. The number of benzene rings is 1. The van der Waals surface area contributed by atoms with Crippen molar-refractivity contribution in [3.8, 4) is 11.3 Å². The van der Waals surface area contributed by atoms with Gasteiger partial charge in [0.25, 0.3) is 0 Å². The first kappa shape index (κ1) is 19.9. The molecular weight excluding hydrogens is 398 g/mol. The summed E-state index contributed by atoms with van der Waals surface area (Å²) in [5.41, 5.74) is 2.30. The monoisotopic (exact) mass is 417 g/mol. The Morgan fingerprint density at radius 1 is 1.18 bits per heavy atom. The van der Waals surface area contributed by atoms with Crippen LogP contribution in [0, 0.1) is 0 Å². The lowest BCUT2D eigenvalue weighted by atomic mass is 10.2. The molecule has 28 heavy (non-hydrogen) atoms. The van der Waals surface area contributed by atoms with Crippen molar-refractivity contribution in [3.05, 3.63) is 59.2 Å². The molecule has 10 heteroatoms. The highest BCUT2D eigenvalue weighted by Gasteiger charge is 2.09. The van der Waals surface area contributed by atoms with E-state index in [-0.39, 0.29) is 4.90 Å². The molecule has 0 aliphatic heterocycles. The quantitative estimate of drug-likeness (QED) is 0.509. The topological polar surface area (TPSA) is 127 Å². The number of carbonyl (C=O) groups is 1. The molecule has 0 bridgehead atoms. The lowest BCUT2D eigenvalue weighted by Gasteiger charge is -2.08. The molecule has 3 rings (SSSR count). The molecule has 0 aliphatic carbocycles. The number of anilines is 1. The summed E-state index contributed by atoms with van der Waals surface area (Å²) in [4.78, 5) is 20.5. The number of aromatic nitrogens is 2. The van der Waals surface area contributed by atoms with Crippen LogP contribution >= 0.6 is 11.3 Å². The highest BCUT2D eigenvalue weighted by molar-refractivity contribution is 7.89. The summed E-state index contributed by atoms with van der Waals surface area (Å²) < 4.78 is 22.7. The van der Waals surface area contributed by atoms with E-state index in [4.69, 9.17) is 5.14 Å². The standard InChI is InChI=1S/C18H19N5O3S2/c19-28(25,26)15-4-1-3-14(11-15)22-18(24)21-8-2-5-17-23-16(12-27-17)13-6-9-20-10-7-13/h1,3-4,6-7,9-12H,2,5,8H2,(H2,19,25,26)(H2,21,22,24). The zero-order valence-electron chi connectivity index (χ0n) is 14.8. The summed E-state index contributed by atoms with van der Waals surface area (Å²) in [7, 11) is -3.81. The van der Waals surface area contributed by atoms with Gasteiger partial charge in [-0.15, -0.1) is 11.3 Å². The van der Waals surface area contributed by atoms with Gasteiger partial charge in [-0.25, -0.2) is 23.3 Å². The van der Waals surface area contributed by atoms with Gasteiger partial charge >= 0.3 is 6.03 Å². The number of hydrogen-bond donors (Lipinski definition) is 3. The molecule has 0 saturated heterocycles. The molecule has 0 unspecified atom stereocenters. The van der Waals surface area contributed by atoms with Crippen LogP contribution in [0.1, 0.15) is 11.4 Å². The average molecular weight is 418 g/mol. The Bertz CT molecular complexity index is 1050. The van der Waals surface area contributed by atoms with E-state index in [9.17, 15) is 13.2 Å². The molecule has 2 heterocycles. The number of rotatable bonds is 7. The van der Waals surface area contributed by atoms with Crippen molar-refractivity contribution in [2.45, 2.75) is 17.7 Å².